The van der Waals surface area contributed by atoms with Gasteiger partial charge in [0.2, 0.25) is 5.88 Å². The minimum Gasteiger partial charge on any atom is -0.507 e. The molecular weight excluding hydrogens is 422 g/mol. The van der Waals surface area contributed by atoms with E-state index >= 15 is 0 Å². The Morgan fingerprint density at radius 1 is 1.00 bits per heavy atom. The fourth-order valence-corrected chi connectivity index (χ4v) is 5.39. The van der Waals surface area contributed by atoms with E-state index in [1.807, 2.05) is 6.07 Å². The van der Waals surface area contributed by atoms with E-state index in [1.165, 1.54) is 21.1 Å². The van der Waals surface area contributed by atoms with Crippen molar-refractivity contribution in [3.05, 3.63) is 61.6 Å². The van der Waals surface area contributed by atoms with Crippen molar-refractivity contribution in [2.75, 3.05) is 7.11 Å². The van der Waals surface area contributed by atoms with E-state index < -0.39 is 0 Å². The number of aromatic hydroxyl groups is 2. The molecule has 170 valence electrons. The van der Waals surface area contributed by atoms with Crippen LogP contribution in [0.3, 0.4) is 0 Å². The lowest BCUT2D eigenvalue weighted by molar-refractivity contribution is 0.332. The molecule has 1 aliphatic carbocycles. The van der Waals surface area contributed by atoms with E-state index in [2.05, 4.69) is 46.8 Å². The summed E-state index contributed by atoms with van der Waals surface area (Å²) in [7, 11) is 1.59. The van der Waals surface area contributed by atoms with Crippen LogP contribution in [0, 0.1) is 6.92 Å². The molecule has 0 radical (unpaired) electrons. The fourth-order valence-electron chi connectivity index (χ4n) is 4.77. The summed E-state index contributed by atoms with van der Waals surface area (Å²) in [6.45, 7) is 11.4. The number of hydrogen-bond acceptors (Lipinski definition) is 5. The van der Waals surface area contributed by atoms with Crippen LogP contribution in [0.25, 0.3) is 11.1 Å². The molecule has 2 aromatic carbocycles. The summed E-state index contributed by atoms with van der Waals surface area (Å²) in [6, 6.07) is 8.03. The van der Waals surface area contributed by atoms with Gasteiger partial charge in [0, 0.05) is 17.2 Å². The Kier molecular flexibility index (Phi) is 5.40. The van der Waals surface area contributed by atoms with Gasteiger partial charge in [-0.15, -0.1) is 0 Å². The standard InChI is InChI=1S/C26H31NO4S/c1-15-9-19-20(26(4,5)8-7-25(19,2)3)11-17(15)18-10-16(21(28)12-22(18)31-6)13-27-23(29)14-32-24(27)30/h9-12,14,28-29H,7-8,13H2,1-6H3. The highest BCUT2D eigenvalue weighted by molar-refractivity contribution is 7.07. The third kappa shape index (κ3) is 3.71. The minimum atomic E-state index is -0.270. The minimum absolute atomic E-state index is 0.0279. The first kappa shape index (κ1) is 22.5. The van der Waals surface area contributed by atoms with E-state index in [9.17, 15) is 15.0 Å². The summed E-state index contributed by atoms with van der Waals surface area (Å²) in [5.41, 5.74) is 6.53. The highest BCUT2D eigenvalue weighted by Crippen LogP contribution is 2.48. The Hall–Kier alpha value is -2.73. The van der Waals surface area contributed by atoms with E-state index in [0.29, 0.717) is 11.3 Å². The first-order chi connectivity index (χ1) is 14.9. The van der Waals surface area contributed by atoms with Crippen LogP contribution < -0.4 is 9.61 Å². The zero-order chi connectivity index (χ0) is 23.4. The van der Waals surface area contributed by atoms with Crippen molar-refractivity contribution in [2.45, 2.75) is 64.8 Å². The second-order valence-corrected chi connectivity index (χ2v) is 10.9. The maximum atomic E-state index is 12.1. The van der Waals surface area contributed by atoms with Crippen molar-refractivity contribution in [1.82, 2.24) is 4.57 Å². The second kappa shape index (κ2) is 7.69. The molecule has 0 fully saturated rings. The van der Waals surface area contributed by atoms with Crippen molar-refractivity contribution in [2.24, 2.45) is 0 Å². The molecule has 0 saturated carbocycles. The molecule has 1 aromatic heterocycles. The lowest BCUT2D eigenvalue weighted by Crippen LogP contribution is -2.34. The van der Waals surface area contributed by atoms with Gasteiger partial charge in [-0.2, -0.15) is 0 Å². The summed E-state index contributed by atoms with van der Waals surface area (Å²) in [4.78, 5) is 11.8. The lowest BCUT2D eigenvalue weighted by atomic mass is 9.62. The van der Waals surface area contributed by atoms with Crippen LogP contribution in [-0.2, 0) is 17.4 Å². The number of thiazole rings is 1. The predicted octanol–water partition coefficient (Wildman–Crippen LogP) is 5.70. The van der Waals surface area contributed by atoms with Crippen molar-refractivity contribution in [3.8, 4) is 28.5 Å². The first-order valence-electron chi connectivity index (χ1n) is 10.9. The summed E-state index contributed by atoms with van der Waals surface area (Å²) < 4.78 is 6.89. The van der Waals surface area contributed by atoms with Gasteiger partial charge >= 0.3 is 4.87 Å². The number of methoxy groups -OCH3 is 1. The Bertz CT molecular complexity index is 1250. The number of aromatic nitrogens is 1. The third-order valence-electron chi connectivity index (χ3n) is 6.98. The highest BCUT2D eigenvalue weighted by atomic mass is 32.1. The normalized spacial score (nSPS) is 16.6. The molecule has 0 bridgehead atoms. The zero-order valence-corrected chi connectivity index (χ0v) is 20.4. The number of aryl methyl sites for hydroxylation is 1. The molecule has 3 aromatic rings. The molecule has 1 heterocycles. The Morgan fingerprint density at radius 2 is 1.62 bits per heavy atom. The Labute approximate surface area is 192 Å². The van der Waals surface area contributed by atoms with Gasteiger partial charge in [-0.05, 0) is 65.0 Å². The number of phenols is 1. The summed E-state index contributed by atoms with van der Waals surface area (Å²) >= 11 is 0.933. The number of ether oxygens (including phenoxy) is 1. The average molecular weight is 454 g/mol. The molecular formula is C26H31NO4S. The molecule has 2 N–H and O–H groups in total. The van der Waals surface area contributed by atoms with E-state index in [-0.39, 0.29) is 33.9 Å². The molecule has 0 spiro atoms. The SMILES string of the molecule is COc1cc(O)c(Cn2c(O)csc2=O)cc1-c1cc2c(cc1C)C(C)(C)CCC2(C)C. The van der Waals surface area contributed by atoms with E-state index in [4.69, 9.17) is 4.74 Å². The maximum Gasteiger partial charge on any atom is 0.310 e. The summed E-state index contributed by atoms with van der Waals surface area (Å²) in [6.07, 6.45) is 2.27. The van der Waals surface area contributed by atoms with Crippen molar-refractivity contribution < 1.29 is 14.9 Å². The molecule has 1 aliphatic rings. The van der Waals surface area contributed by atoms with Gasteiger partial charge < -0.3 is 14.9 Å². The van der Waals surface area contributed by atoms with Crippen LogP contribution in [0.2, 0.25) is 0 Å². The predicted molar refractivity (Wildman–Crippen MR) is 129 cm³/mol. The average Bonchev–Trinajstić information content (AvgIpc) is 3.04. The maximum absolute atomic E-state index is 12.1. The zero-order valence-electron chi connectivity index (χ0n) is 19.6. The molecule has 6 heteroatoms. The fraction of sp³-hybridized carbons (Fsp3) is 0.423. The van der Waals surface area contributed by atoms with Crippen LogP contribution >= 0.6 is 11.3 Å². The van der Waals surface area contributed by atoms with Crippen LogP contribution in [0.1, 0.15) is 62.8 Å². The number of nitrogens with zero attached hydrogens (tertiary/aromatic N) is 1. The van der Waals surface area contributed by atoms with E-state index in [1.54, 1.807) is 13.2 Å². The summed E-state index contributed by atoms with van der Waals surface area (Å²) in [5.74, 6) is 0.495. The van der Waals surface area contributed by atoms with Crippen molar-refractivity contribution >= 4 is 11.3 Å². The topological polar surface area (TPSA) is 71.7 Å². The van der Waals surface area contributed by atoms with Crippen molar-refractivity contribution in [1.29, 1.82) is 0 Å². The molecule has 4 rings (SSSR count). The van der Waals surface area contributed by atoms with Crippen molar-refractivity contribution in [3.63, 3.8) is 0 Å². The second-order valence-electron chi connectivity index (χ2n) is 10.1. The Morgan fingerprint density at radius 3 is 2.19 bits per heavy atom. The monoisotopic (exact) mass is 453 g/mol. The van der Waals surface area contributed by atoms with Gasteiger partial charge in [0.25, 0.3) is 0 Å². The number of hydrogen-bond donors (Lipinski definition) is 2. The lowest BCUT2D eigenvalue weighted by Gasteiger charge is -2.42. The largest absolute Gasteiger partial charge is 0.507 e. The van der Waals surface area contributed by atoms with Gasteiger partial charge in [0.1, 0.15) is 11.5 Å². The molecule has 5 nitrogen and oxygen atoms in total. The molecule has 32 heavy (non-hydrogen) atoms. The highest BCUT2D eigenvalue weighted by Gasteiger charge is 2.37. The van der Waals surface area contributed by atoms with Gasteiger partial charge in [0.05, 0.1) is 19.0 Å². The van der Waals surface area contributed by atoms with Gasteiger partial charge in [-0.3, -0.25) is 9.36 Å². The van der Waals surface area contributed by atoms with Gasteiger partial charge in [-0.25, -0.2) is 0 Å². The first-order valence-corrected chi connectivity index (χ1v) is 11.8. The number of phenolic OH excluding ortho intramolecular Hbond substituents is 1. The Balaban J connectivity index is 1.91. The van der Waals surface area contributed by atoms with Crippen LogP contribution in [0.5, 0.6) is 17.4 Å². The van der Waals surface area contributed by atoms with E-state index in [0.717, 1.165) is 40.9 Å². The van der Waals surface area contributed by atoms with Crippen LogP contribution in [0.4, 0.5) is 0 Å². The molecule has 0 aliphatic heterocycles. The van der Waals surface area contributed by atoms with Crippen LogP contribution in [0.15, 0.2) is 34.4 Å². The molecule has 0 unspecified atom stereocenters. The van der Waals surface area contributed by atoms with Crippen LogP contribution in [-0.4, -0.2) is 21.9 Å². The quantitative estimate of drug-likeness (QED) is 0.531. The number of fused-ring (bicyclic) bond motifs is 1. The summed E-state index contributed by atoms with van der Waals surface area (Å²) in [5, 5.41) is 22.0. The van der Waals surface area contributed by atoms with Gasteiger partial charge in [0.15, 0.2) is 0 Å². The number of benzene rings is 2. The van der Waals surface area contributed by atoms with Gasteiger partial charge in [-0.1, -0.05) is 45.1 Å². The molecule has 0 amide bonds. The molecule has 0 atom stereocenters. The smallest absolute Gasteiger partial charge is 0.310 e. The molecule has 0 saturated heterocycles. The third-order valence-corrected chi connectivity index (χ3v) is 7.73. The number of rotatable bonds is 4.